The maximum absolute atomic E-state index is 7.00. The van der Waals surface area contributed by atoms with E-state index >= 15 is 0 Å². The molecule has 1 rings (SSSR count). The van der Waals surface area contributed by atoms with Gasteiger partial charge in [-0.05, 0) is 25.9 Å². The predicted octanol–water partition coefficient (Wildman–Crippen LogP) is 1.27. The number of allylic oxidation sites excluding steroid dienone is 1. The third-order valence-corrected chi connectivity index (χ3v) is 1.13. The van der Waals surface area contributed by atoms with Gasteiger partial charge in [0, 0.05) is 7.41 Å². The molecule has 1 heteroatoms. The van der Waals surface area contributed by atoms with Gasteiger partial charge < -0.3 is 5.32 Å². The van der Waals surface area contributed by atoms with Crippen LogP contribution in [0.4, 0.5) is 0 Å². The van der Waals surface area contributed by atoms with Crippen molar-refractivity contribution in [3.05, 3.63) is 12.3 Å². The predicted molar refractivity (Wildman–Crippen MR) is 31.0 cm³/mol. The maximum Gasteiger partial charge on any atom is 0.0251 e. The molecular formula is C6H11N. The van der Waals surface area contributed by atoms with Crippen LogP contribution >= 0.6 is 0 Å². The van der Waals surface area contributed by atoms with Gasteiger partial charge in [0.1, 0.15) is 0 Å². The molecule has 0 fully saturated rings. The zero-order valence-corrected chi connectivity index (χ0v) is 4.35. The monoisotopic (exact) mass is 98.1 g/mol. The Hall–Kier alpha value is -0.460. The molecule has 0 aromatic rings. The summed E-state index contributed by atoms with van der Waals surface area (Å²) < 4.78 is 7.00. The summed E-state index contributed by atoms with van der Waals surface area (Å²) in [5.41, 5.74) is 0. The van der Waals surface area contributed by atoms with Gasteiger partial charge in [-0.3, -0.25) is 0 Å². The Labute approximate surface area is 45.8 Å². The first-order valence-corrected chi connectivity index (χ1v) is 2.64. The number of hydrogen-bond donors (Lipinski definition) is 1. The largest absolute Gasteiger partial charge is 0.389 e. The van der Waals surface area contributed by atoms with Crippen LogP contribution in [0.1, 0.15) is 21.1 Å². The fourth-order valence-electron chi connectivity index (χ4n) is 0.668. The van der Waals surface area contributed by atoms with Crippen molar-refractivity contribution in [2.75, 3.05) is 0 Å². The summed E-state index contributed by atoms with van der Waals surface area (Å²) in [5.74, 6) is 0. The Morgan fingerprint density at radius 3 is 3.43 bits per heavy atom. The maximum atomic E-state index is 7.00. The van der Waals surface area contributed by atoms with E-state index in [0.29, 0.717) is 12.9 Å². The fourth-order valence-corrected chi connectivity index (χ4v) is 0.668. The van der Waals surface area contributed by atoms with E-state index in [2.05, 4.69) is 11.4 Å². The molecule has 0 aromatic heterocycles. The van der Waals surface area contributed by atoms with Crippen molar-refractivity contribution in [1.29, 1.82) is 0 Å². The molecular weight excluding hydrogens is 86.1 g/mol. The molecule has 1 aliphatic rings. The summed E-state index contributed by atoms with van der Waals surface area (Å²) in [4.78, 5) is 0. The topological polar surface area (TPSA) is 12.0 Å². The second-order valence-electron chi connectivity index (χ2n) is 1.84. The Kier molecular flexibility index (Phi) is 1.01. The summed E-state index contributed by atoms with van der Waals surface area (Å²) in [6.45, 7) is 0.504. The summed E-state index contributed by atoms with van der Waals surface area (Å²) in [6.07, 6.45) is 6.31. The third-order valence-electron chi connectivity index (χ3n) is 1.13. The van der Waals surface area contributed by atoms with Crippen LogP contribution in [0.5, 0.6) is 0 Å². The van der Waals surface area contributed by atoms with Crippen molar-refractivity contribution in [1.82, 2.24) is 5.32 Å². The van der Waals surface area contributed by atoms with E-state index in [9.17, 15) is 0 Å². The number of hydrogen-bond acceptors (Lipinski definition) is 1. The van der Waals surface area contributed by atoms with Gasteiger partial charge in [-0.2, -0.15) is 0 Å². The molecule has 7 heavy (non-hydrogen) atoms. The summed E-state index contributed by atoms with van der Waals surface area (Å²) >= 11 is 0. The molecule has 0 radical (unpaired) electrons. The molecule has 1 aliphatic heterocycles. The first-order valence-electron chi connectivity index (χ1n) is 3.34. The SMILES string of the molecule is [2H]CC1CCC=CN1. The van der Waals surface area contributed by atoms with Gasteiger partial charge >= 0.3 is 0 Å². The van der Waals surface area contributed by atoms with E-state index in [1.54, 1.807) is 0 Å². The van der Waals surface area contributed by atoms with Crippen LogP contribution in [0.15, 0.2) is 12.3 Å². The molecule has 1 N–H and O–H groups in total. The van der Waals surface area contributed by atoms with E-state index in [1.807, 2.05) is 6.20 Å². The van der Waals surface area contributed by atoms with Crippen molar-refractivity contribution >= 4 is 0 Å². The lowest BCUT2D eigenvalue weighted by Gasteiger charge is -2.13. The molecule has 1 nitrogen and oxygen atoms in total. The Balaban J connectivity index is 2.27. The molecule has 1 heterocycles. The first-order chi connectivity index (χ1) is 3.93. The molecule has 40 valence electrons. The highest BCUT2D eigenvalue weighted by atomic mass is 14.9. The molecule has 0 spiro atoms. The summed E-state index contributed by atoms with van der Waals surface area (Å²) in [7, 11) is 0. The average Bonchev–Trinajstić information content (AvgIpc) is 1.90. The Morgan fingerprint density at radius 1 is 2.00 bits per heavy atom. The smallest absolute Gasteiger partial charge is 0.0251 e. The minimum Gasteiger partial charge on any atom is -0.389 e. The van der Waals surface area contributed by atoms with E-state index in [1.165, 1.54) is 0 Å². The van der Waals surface area contributed by atoms with Crippen LogP contribution < -0.4 is 5.32 Å². The van der Waals surface area contributed by atoms with Crippen molar-refractivity contribution in [3.8, 4) is 0 Å². The highest BCUT2D eigenvalue weighted by molar-refractivity contribution is 4.87. The van der Waals surface area contributed by atoms with Crippen molar-refractivity contribution < 1.29 is 1.37 Å². The molecule has 0 amide bonds. The highest BCUT2D eigenvalue weighted by Crippen LogP contribution is 2.01. The molecule has 0 aliphatic carbocycles. The summed E-state index contributed by atoms with van der Waals surface area (Å²) in [6, 6.07) is 0.417. The van der Waals surface area contributed by atoms with Gasteiger partial charge in [0.2, 0.25) is 0 Å². The van der Waals surface area contributed by atoms with E-state index < -0.39 is 0 Å². The van der Waals surface area contributed by atoms with Crippen LogP contribution in [0.2, 0.25) is 0 Å². The van der Waals surface area contributed by atoms with Crippen LogP contribution in [0.25, 0.3) is 0 Å². The third kappa shape index (κ3) is 1.22. The zero-order chi connectivity index (χ0) is 5.82. The molecule has 0 saturated heterocycles. The van der Waals surface area contributed by atoms with Crippen molar-refractivity contribution in [2.24, 2.45) is 0 Å². The zero-order valence-electron chi connectivity index (χ0n) is 5.35. The van der Waals surface area contributed by atoms with Gasteiger partial charge in [0.05, 0.1) is 0 Å². The molecule has 1 unspecified atom stereocenters. The lowest BCUT2D eigenvalue weighted by molar-refractivity contribution is 0.569. The van der Waals surface area contributed by atoms with E-state index in [0.717, 1.165) is 12.8 Å². The number of nitrogens with one attached hydrogen (secondary N) is 1. The van der Waals surface area contributed by atoms with Gasteiger partial charge in [0.25, 0.3) is 0 Å². The van der Waals surface area contributed by atoms with Gasteiger partial charge in [-0.1, -0.05) is 6.08 Å². The minimum atomic E-state index is 0.417. The van der Waals surface area contributed by atoms with E-state index in [4.69, 9.17) is 1.37 Å². The Bertz CT molecular complexity index is 90.5. The standard InChI is InChI=1S/C6H11N/c1-6-4-2-3-5-7-6/h3,5-7H,2,4H2,1H3/i1D. The quantitative estimate of drug-likeness (QED) is 0.481. The minimum absolute atomic E-state index is 0.417. The molecule has 1 atom stereocenters. The van der Waals surface area contributed by atoms with Gasteiger partial charge in [-0.15, -0.1) is 0 Å². The van der Waals surface area contributed by atoms with Crippen LogP contribution in [0, 0.1) is 0 Å². The van der Waals surface area contributed by atoms with Crippen LogP contribution in [-0.2, 0) is 0 Å². The first kappa shape index (κ1) is 3.53. The van der Waals surface area contributed by atoms with Crippen molar-refractivity contribution in [3.63, 3.8) is 0 Å². The average molecular weight is 98.2 g/mol. The van der Waals surface area contributed by atoms with Crippen molar-refractivity contribution in [2.45, 2.75) is 25.8 Å². The molecule has 0 saturated carbocycles. The van der Waals surface area contributed by atoms with E-state index in [-0.39, 0.29) is 0 Å². The lowest BCUT2D eigenvalue weighted by Crippen LogP contribution is -2.22. The second kappa shape index (κ2) is 2.01. The summed E-state index contributed by atoms with van der Waals surface area (Å²) in [5, 5.41) is 3.10. The molecule has 0 bridgehead atoms. The van der Waals surface area contributed by atoms with Crippen LogP contribution in [0.3, 0.4) is 0 Å². The Morgan fingerprint density at radius 2 is 3.00 bits per heavy atom. The fraction of sp³-hybridized carbons (Fsp3) is 0.667. The molecule has 0 aromatic carbocycles. The second-order valence-corrected chi connectivity index (χ2v) is 1.84. The highest BCUT2D eigenvalue weighted by Gasteiger charge is 1.98. The van der Waals surface area contributed by atoms with Crippen LogP contribution in [-0.4, -0.2) is 6.04 Å². The van der Waals surface area contributed by atoms with Gasteiger partial charge in [0.15, 0.2) is 0 Å². The normalized spacial score (nSPS) is 31.4. The number of rotatable bonds is 0. The lowest BCUT2D eigenvalue weighted by atomic mass is 10.1. The van der Waals surface area contributed by atoms with Gasteiger partial charge in [-0.25, -0.2) is 0 Å².